The van der Waals surface area contributed by atoms with Gasteiger partial charge in [0.2, 0.25) is 5.91 Å². The molecule has 1 amide bonds. The summed E-state index contributed by atoms with van der Waals surface area (Å²) in [6.45, 7) is 3.30. The lowest BCUT2D eigenvalue weighted by atomic mass is 10.1. The lowest BCUT2D eigenvalue weighted by Crippen LogP contribution is -2.32. The number of carboxylic acids is 1. The van der Waals surface area contributed by atoms with Gasteiger partial charge < -0.3 is 10.0 Å². The average molecular weight is 394 g/mol. The zero-order valence-electron chi connectivity index (χ0n) is 14.9. The maximum absolute atomic E-state index is 12.2. The highest BCUT2D eigenvalue weighted by Crippen LogP contribution is 2.18. The first-order chi connectivity index (χ1) is 12.5. The molecule has 1 heterocycles. The lowest BCUT2D eigenvalue weighted by molar-refractivity contribution is -0.131. The topological polar surface area (TPSA) is 57.6 Å². The van der Waals surface area contributed by atoms with Crippen molar-refractivity contribution in [2.24, 2.45) is 0 Å². The molecule has 0 fully saturated rings. The molecule has 1 aromatic carbocycles. The minimum absolute atomic E-state index is 0.161. The van der Waals surface area contributed by atoms with Gasteiger partial charge in [-0.05, 0) is 55.5 Å². The Morgan fingerprint density at radius 1 is 1.12 bits per heavy atom. The van der Waals surface area contributed by atoms with E-state index in [2.05, 4.69) is 6.07 Å². The van der Waals surface area contributed by atoms with Gasteiger partial charge in [0.1, 0.15) is 4.88 Å². The van der Waals surface area contributed by atoms with Crippen LogP contribution < -0.4 is 0 Å². The third kappa shape index (κ3) is 6.46. The van der Waals surface area contributed by atoms with E-state index in [4.69, 9.17) is 16.7 Å². The number of carbonyl (C=O) groups excluding carboxylic acids is 1. The van der Waals surface area contributed by atoms with Crippen LogP contribution in [0.5, 0.6) is 0 Å². The second-order valence-corrected chi connectivity index (χ2v) is 7.75. The Labute approximate surface area is 163 Å². The molecule has 2 rings (SSSR count). The summed E-state index contributed by atoms with van der Waals surface area (Å²) < 4.78 is 0. The maximum Gasteiger partial charge on any atom is 0.345 e. The van der Waals surface area contributed by atoms with Gasteiger partial charge in [0.05, 0.1) is 0 Å². The van der Waals surface area contributed by atoms with Gasteiger partial charge in [-0.2, -0.15) is 0 Å². The van der Waals surface area contributed by atoms with Gasteiger partial charge in [0.25, 0.3) is 0 Å². The summed E-state index contributed by atoms with van der Waals surface area (Å²) in [7, 11) is 0. The monoisotopic (exact) mass is 393 g/mol. The van der Waals surface area contributed by atoms with Gasteiger partial charge in [-0.3, -0.25) is 4.79 Å². The highest BCUT2D eigenvalue weighted by atomic mass is 35.5. The molecule has 1 N–H and O–H groups in total. The van der Waals surface area contributed by atoms with E-state index in [-0.39, 0.29) is 5.91 Å². The number of aryl methyl sites for hydroxylation is 2. The Balaban J connectivity index is 1.80. The first-order valence-corrected chi connectivity index (χ1v) is 10.0. The van der Waals surface area contributed by atoms with E-state index in [0.717, 1.165) is 42.1 Å². The van der Waals surface area contributed by atoms with Crippen molar-refractivity contribution in [3.05, 3.63) is 56.7 Å². The van der Waals surface area contributed by atoms with Crippen LogP contribution in [-0.2, 0) is 17.6 Å². The second-order valence-electron chi connectivity index (χ2n) is 6.14. The molecule has 0 aliphatic rings. The number of aromatic carboxylic acids is 1. The zero-order chi connectivity index (χ0) is 18.9. The van der Waals surface area contributed by atoms with Crippen molar-refractivity contribution in [2.45, 2.75) is 39.0 Å². The average Bonchev–Trinajstić information content (AvgIpc) is 3.09. The van der Waals surface area contributed by atoms with E-state index in [1.54, 1.807) is 6.07 Å². The van der Waals surface area contributed by atoms with Crippen molar-refractivity contribution in [1.82, 2.24) is 4.90 Å². The summed E-state index contributed by atoms with van der Waals surface area (Å²) >= 11 is 7.31. The summed E-state index contributed by atoms with van der Waals surface area (Å²) in [5, 5.41) is 9.71. The van der Waals surface area contributed by atoms with Crippen molar-refractivity contribution in [2.75, 3.05) is 13.1 Å². The first kappa shape index (κ1) is 20.5. The van der Waals surface area contributed by atoms with E-state index in [1.165, 1.54) is 16.9 Å². The van der Waals surface area contributed by atoms with Crippen LogP contribution in [0.4, 0.5) is 0 Å². The second kappa shape index (κ2) is 10.3. The van der Waals surface area contributed by atoms with Crippen LogP contribution in [0.25, 0.3) is 0 Å². The van der Waals surface area contributed by atoms with Crippen molar-refractivity contribution in [3.8, 4) is 0 Å². The Morgan fingerprint density at radius 3 is 2.46 bits per heavy atom. The molecule has 1 aromatic heterocycles. The van der Waals surface area contributed by atoms with Crippen LogP contribution in [0, 0.1) is 0 Å². The molecular weight excluding hydrogens is 370 g/mol. The Hall–Kier alpha value is -1.85. The minimum atomic E-state index is -0.884. The summed E-state index contributed by atoms with van der Waals surface area (Å²) in [6.07, 6.45) is 3.91. The lowest BCUT2D eigenvalue weighted by Gasteiger charge is -2.22. The van der Waals surface area contributed by atoms with Crippen molar-refractivity contribution < 1.29 is 14.7 Å². The molecule has 26 heavy (non-hydrogen) atoms. The summed E-state index contributed by atoms with van der Waals surface area (Å²) in [5.74, 6) is -0.724. The quantitative estimate of drug-likeness (QED) is 0.624. The Kier molecular flexibility index (Phi) is 8.13. The molecule has 0 spiro atoms. The molecule has 2 aromatic rings. The Bertz CT molecular complexity index is 744. The highest BCUT2D eigenvalue weighted by Gasteiger charge is 2.12. The van der Waals surface area contributed by atoms with Gasteiger partial charge in [0.15, 0.2) is 0 Å². The maximum atomic E-state index is 12.2. The largest absolute Gasteiger partial charge is 0.477 e. The number of amides is 1. The fourth-order valence-electron chi connectivity index (χ4n) is 2.82. The van der Waals surface area contributed by atoms with E-state index in [1.807, 2.05) is 36.1 Å². The van der Waals surface area contributed by atoms with Crippen LogP contribution >= 0.6 is 22.9 Å². The summed E-state index contributed by atoms with van der Waals surface area (Å²) in [6, 6.07) is 11.3. The van der Waals surface area contributed by atoms with Crippen LogP contribution in [0.1, 0.15) is 46.3 Å². The molecule has 0 aliphatic carbocycles. The van der Waals surface area contributed by atoms with E-state index in [9.17, 15) is 9.59 Å². The summed E-state index contributed by atoms with van der Waals surface area (Å²) in [4.78, 5) is 26.4. The van der Waals surface area contributed by atoms with Gasteiger partial charge in [-0.25, -0.2) is 4.79 Å². The van der Waals surface area contributed by atoms with Crippen molar-refractivity contribution in [1.29, 1.82) is 0 Å². The molecule has 0 unspecified atom stereocenters. The van der Waals surface area contributed by atoms with Crippen LogP contribution in [-0.4, -0.2) is 35.0 Å². The standard InChI is InChI=1S/C20H24ClNO3S/c1-2-19(23)22(12-4-7-15-6-3-8-16(21)14-15)13-5-9-17-10-11-18(26-17)20(24)25/h3,6,8,10-11,14H,2,4-5,7,9,12-13H2,1H3,(H,24,25). The number of rotatable bonds is 10. The number of thiophene rings is 1. The van der Waals surface area contributed by atoms with Gasteiger partial charge in [-0.1, -0.05) is 30.7 Å². The van der Waals surface area contributed by atoms with E-state index < -0.39 is 5.97 Å². The molecular formula is C20H24ClNO3S. The number of nitrogens with zero attached hydrogens (tertiary/aromatic N) is 1. The first-order valence-electron chi connectivity index (χ1n) is 8.83. The van der Waals surface area contributed by atoms with Crippen LogP contribution in [0.15, 0.2) is 36.4 Å². The SMILES string of the molecule is CCC(=O)N(CCCc1cccc(Cl)c1)CCCc1ccc(C(=O)O)s1. The fourth-order valence-corrected chi connectivity index (χ4v) is 3.92. The van der Waals surface area contributed by atoms with Crippen LogP contribution in [0.2, 0.25) is 5.02 Å². The molecule has 0 atom stereocenters. The smallest absolute Gasteiger partial charge is 0.345 e. The Morgan fingerprint density at radius 2 is 1.85 bits per heavy atom. The molecule has 4 nitrogen and oxygen atoms in total. The van der Waals surface area contributed by atoms with Gasteiger partial charge in [0, 0.05) is 29.4 Å². The summed E-state index contributed by atoms with van der Waals surface area (Å²) in [5.41, 5.74) is 1.18. The molecule has 140 valence electrons. The number of carboxylic acid groups (broad SMARTS) is 1. The number of benzene rings is 1. The number of halogens is 1. The fraction of sp³-hybridized carbons (Fsp3) is 0.400. The molecule has 6 heteroatoms. The molecule has 0 saturated heterocycles. The normalized spacial score (nSPS) is 10.7. The number of hydrogen-bond donors (Lipinski definition) is 1. The van der Waals surface area contributed by atoms with Crippen molar-refractivity contribution >= 4 is 34.8 Å². The third-order valence-corrected chi connectivity index (χ3v) is 5.53. The predicted molar refractivity (Wildman–Crippen MR) is 106 cm³/mol. The van der Waals surface area contributed by atoms with E-state index >= 15 is 0 Å². The molecule has 0 saturated carbocycles. The van der Waals surface area contributed by atoms with Gasteiger partial charge in [-0.15, -0.1) is 11.3 Å². The molecule has 0 aliphatic heterocycles. The molecule has 0 radical (unpaired) electrons. The van der Waals surface area contributed by atoms with E-state index in [0.29, 0.717) is 17.8 Å². The molecule has 0 bridgehead atoms. The zero-order valence-corrected chi connectivity index (χ0v) is 16.5. The van der Waals surface area contributed by atoms with Crippen LogP contribution in [0.3, 0.4) is 0 Å². The number of carbonyl (C=O) groups is 2. The predicted octanol–water partition coefficient (Wildman–Crippen LogP) is 4.90. The number of hydrogen-bond acceptors (Lipinski definition) is 3. The van der Waals surface area contributed by atoms with Gasteiger partial charge >= 0.3 is 5.97 Å². The highest BCUT2D eigenvalue weighted by molar-refractivity contribution is 7.13. The third-order valence-electron chi connectivity index (χ3n) is 4.16. The minimum Gasteiger partial charge on any atom is -0.477 e. The van der Waals surface area contributed by atoms with Crippen molar-refractivity contribution in [3.63, 3.8) is 0 Å².